The summed E-state index contributed by atoms with van der Waals surface area (Å²) < 4.78 is 22.2. The smallest absolute Gasteiger partial charge is 0.169 e. The molecule has 4 nitrogen and oxygen atoms in total. The lowest BCUT2D eigenvalue weighted by molar-refractivity contribution is 0.599. The van der Waals surface area contributed by atoms with Gasteiger partial charge in [0.05, 0.1) is 11.5 Å². The van der Waals surface area contributed by atoms with Crippen LogP contribution in [0.4, 0.5) is 0 Å². The average Bonchev–Trinajstić information content (AvgIpc) is 2.78. The van der Waals surface area contributed by atoms with Crippen molar-refractivity contribution in [2.75, 3.05) is 24.6 Å². The van der Waals surface area contributed by atoms with Crippen LogP contribution < -0.4 is 5.32 Å². The third-order valence-corrected chi connectivity index (χ3v) is 4.44. The highest BCUT2D eigenvalue weighted by Gasteiger charge is 2.30. The number of nitrogens with one attached hydrogen (secondary N) is 1. The van der Waals surface area contributed by atoms with Gasteiger partial charge in [0, 0.05) is 19.1 Å². The maximum absolute atomic E-state index is 11.1. The molecule has 2 rings (SSSR count). The first kappa shape index (κ1) is 9.21. The minimum atomic E-state index is -2.79. The Labute approximate surface area is 83.2 Å². The van der Waals surface area contributed by atoms with E-state index in [4.69, 9.17) is 12.2 Å². The van der Waals surface area contributed by atoms with E-state index < -0.39 is 9.84 Å². The van der Waals surface area contributed by atoms with Crippen LogP contribution in [0.2, 0.25) is 0 Å². The van der Waals surface area contributed by atoms with Gasteiger partial charge in [-0.1, -0.05) is 0 Å². The standard InChI is InChI=1S/C7H12N2O2S2/c10-13(11)4-1-6(5-13)8-7(12)9-2-3-9/h6H,1-5H2,(H,8,12)/t6-/m0/s1. The molecule has 6 heteroatoms. The van der Waals surface area contributed by atoms with E-state index in [-0.39, 0.29) is 11.8 Å². The van der Waals surface area contributed by atoms with Crippen LogP contribution in [0.3, 0.4) is 0 Å². The van der Waals surface area contributed by atoms with E-state index in [0.29, 0.717) is 17.3 Å². The molecular formula is C7H12N2O2S2. The molecule has 1 atom stereocenters. The Morgan fingerprint density at radius 2 is 2.15 bits per heavy atom. The van der Waals surface area contributed by atoms with E-state index in [9.17, 15) is 8.42 Å². The lowest BCUT2D eigenvalue weighted by Crippen LogP contribution is -2.38. The highest BCUT2D eigenvalue weighted by molar-refractivity contribution is 7.91. The van der Waals surface area contributed by atoms with Gasteiger partial charge >= 0.3 is 0 Å². The van der Waals surface area contributed by atoms with Crippen molar-refractivity contribution in [1.29, 1.82) is 0 Å². The Morgan fingerprint density at radius 3 is 2.62 bits per heavy atom. The largest absolute Gasteiger partial charge is 0.359 e. The van der Waals surface area contributed by atoms with Gasteiger partial charge in [-0.3, -0.25) is 0 Å². The van der Waals surface area contributed by atoms with Crippen LogP contribution in [-0.2, 0) is 9.84 Å². The Bertz CT molecular complexity index is 321. The van der Waals surface area contributed by atoms with Crippen LogP contribution in [-0.4, -0.2) is 49.1 Å². The molecule has 0 aliphatic carbocycles. The summed E-state index contributed by atoms with van der Waals surface area (Å²) in [6.07, 6.45) is 0.691. The molecular weight excluding hydrogens is 208 g/mol. The van der Waals surface area contributed by atoms with Crippen molar-refractivity contribution in [3.05, 3.63) is 0 Å². The first-order valence-corrected chi connectivity index (χ1v) is 6.56. The molecule has 0 unspecified atom stereocenters. The van der Waals surface area contributed by atoms with Crippen molar-refractivity contribution in [2.45, 2.75) is 12.5 Å². The summed E-state index contributed by atoms with van der Waals surface area (Å²) in [7, 11) is -2.79. The van der Waals surface area contributed by atoms with Gasteiger partial charge in [-0.25, -0.2) is 8.42 Å². The van der Waals surface area contributed by atoms with Crippen LogP contribution in [0.15, 0.2) is 0 Å². The Morgan fingerprint density at radius 1 is 1.46 bits per heavy atom. The number of thiocarbonyl (C=S) groups is 1. The number of rotatable bonds is 1. The van der Waals surface area contributed by atoms with Crippen molar-refractivity contribution in [3.63, 3.8) is 0 Å². The summed E-state index contributed by atoms with van der Waals surface area (Å²) in [6, 6.07) is 0.0399. The number of nitrogens with zero attached hydrogens (tertiary/aromatic N) is 1. The molecule has 0 bridgehead atoms. The summed E-state index contributed by atoms with van der Waals surface area (Å²) in [5, 5.41) is 3.78. The first-order chi connectivity index (χ1) is 6.07. The quantitative estimate of drug-likeness (QED) is 0.471. The van der Waals surface area contributed by atoms with E-state index in [1.807, 2.05) is 4.90 Å². The second kappa shape index (κ2) is 3.09. The lowest BCUT2D eigenvalue weighted by Gasteiger charge is -2.13. The van der Waals surface area contributed by atoms with Crippen molar-refractivity contribution in [2.24, 2.45) is 0 Å². The molecule has 0 amide bonds. The molecule has 2 heterocycles. The molecule has 2 saturated heterocycles. The van der Waals surface area contributed by atoms with E-state index >= 15 is 0 Å². The summed E-state index contributed by atoms with van der Waals surface area (Å²) >= 11 is 5.07. The Kier molecular flexibility index (Phi) is 2.19. The maximum atomic E-state index is 11.1. The third kappa shape index (κ3) is 2.31. The van der Waals surface area contributed by atoms with Gasteiger partial charge < -0.3 is 10.2 Å². The average molecular weight is 220 g/mol. The summed E-state index contributed by atoms with van der Waals surface area (Å²) in [6.45, 7) is 2.01. The predicted octanol–water partition coefficient (Wildman–Crippen LogP) is -0.636. The molecule has 0 aromatic carbocycles. The second-order valence-electron chi connectivity index (χ2n) is 3.54. The third-order valence-electron chi connectivity index (χ3n) is 2.29. The monoisotopic (exact) mass is 220 g/mol. The Hall–Kier alpha value is -0.360. The minimum absolute atomic E-state index is 0.0399. The number of sulfone groups is 1. The van der Waals surface area contributed by atoms with E-state index in [1.165, 1.54) is 0 Å². The fourth-order valence-corrected chi connectivity index (χ4v) is 3.45. The van der Waals surface area contributed by atoms with E-state index in [0.717, 1.165) is 13.1 Å². The maximum Gasteiger partial charge on any atom is 0.169 e. The number of hydrogen-bond donors (Lipinski definition) is 1. The van der Waals surface area contributed by atoms with Crippen LogP contribution in [0.5, 0.6) is 0 Å². The zero-order valence-corrected chi connectivity index (χ0v) is 8.83. The van der Waals surface area contributed by atoms with Gasteiger partial charge in [-0.15, -0.1) is 0 Å². The summed E-state index contributed by atoms with van der Waals surface area (Å²) in [5.41, 5.74) is 0. The van der Waals surface area contributed by atoms with Crippen molar-refractivity contribution >= 4 is 27.2 Å². The predicted molar refractivity (Wildman–Crippen MR) is 54.4 cm³/mol. The molecule has 2 aliphatic rings. The molecule has 74 valence electrons. The molecule has 0 spiro atoms. The molecule has 2 aliphatic heterocycles. The van der Waals surface area contributed by atoms with Crippen LogP contribution in [0.1, 0.15) is 6.42 Å². The van der Waals surface area contributed by atoms with Gasteiger partial charge in [-0.05, 0) is 18.6 Å². The fraction of sp³-hybridized carbons (Fsp3) is 0.857. The summed E-state index contributed by atoms with van der Waals surface area (Å²) in [4.78, 5) is 2.01. The second-order valence-corrected chi connectivity index (χ2v) is 6.15. The zero-order chi connectivity index (χ0) is 9.47. The van der Waals surface area contributed by atoms with Crippen molar-refractivity contribution in [3.8, 4) is 0 Å². The van der Waals surface area contributed by atoms with Gasteiger partial charge in [0.15, 0.2) is 14.9 Å². The fourth-order valence-electron chi connectivity index (χ4n) is 1.43. The van der Waals surface area contributed by atoms with Crippen LogP contribution in [0.25, 0.3) is 0 Å². The molecule has 13 heavy (non-hydrogen) atoms. The topological polar surface area (TPSA) is 49.2 Å². The normalized spacial score (nSPS) is 30.2. The molecule has 0 aromatic heterocycles. The molecule has 0 aromatic rings. The number of hydrogen-bond acceptors (Lipinski definition) is 3. The van der Waals surface area contributed by atoms with Gasteiger partial charge in [-0.2, -0.15) is 0 Å². The SMILES string of the molecule is O=S1(=O)CC[C@H](NC(=S)N2CC2)C1. The molecule has 0 radical (unpaired) electrons. The first-order valence-electron chi connectivity index (χ1n) is 4.33. The highest BCUT2D eigenvalue weighted by atomic mass is 32.2. The highest BCUT2D eigenvalue weighted by Crippen LogP contribution is 2.13. The Balaban J connectivity index is 1.86. The summed E-state index contributed by atoms with van der Waals surface area (Å²) in [5.74, 6) is 0.536. The van der Waals surface area contributed by atoms with Gasteiger partial charge in [0.1, 0.15) is 0 Å². The molecule has 0 saturated carbocycles. The van der Waals surface area contributed by atoms with E-state index in [2.05, 4.69) is 5.32 Å². The van der Waals surface area contributed by atoms with Crippen LogP contribution >= 0.6 is 12.2 Å². The van der Waals surface area contributed by atoms with Crippen molar-refractivity contribution < 1.29 is 8.42 Å². The molecule has 1 N–H and O–H groups in total. The zero-order valence-electron chi connectivity index (χ0n) is 7.19. The lowest BCUT2D eigenvalue weighted by atomic mass is 10.3. The van der Waals surface area contributed by atoms with Gasteiger partial charge in [0.25, 0.3) is 0 Å². The van der Waals surface area contributed by atoms with Crippen molar-refractivity contribution in [1.82, 2.24) is 10.2 Å². The molecule has 2 fully saturated rings. The van der Waals surface area contributed by atoms with Gasteiger partial charge in [0.2, 0.25) is 0 Å². The van der Waals surface area contributed by atoms with E-state index in [1.54, 1.807) is 0 Å². The minimum Gasteiger partial charge on any atom is -0.359 e. The van der Waals surface area contributed by atoms with Crippen LogP contribution in [0, 0.1) is 0 Å².